The van der Waals surface area contributed by atoms with E-state index in [1.54, 1.807) is 0 Å². The van der Waals surface area contributed by atoms with Crippen molar-refractivity contribution in [3.63, 3.8) is 0 Å². The highest BCUT2D eigenvalue weighted by Gasteiger charge is 2.08. The molecule has 2 rings (SSSR count). The quantitative estimate of drug-likeness (QED) is 0.877. The second kappa shape index (κ2) is 5.62. The molecule has 7 heteroatoms. The van der Waals surface area contributed by atoms with Crippen LogP contribution in [-0.4, -0.2) is 23.0 Å². The maximum Gasteiger partial charge on any atom is 0.358 e. The Morgan fingerprint density at radius 1 is 1.37 bits per heavy atom. The Kier molecular flexibility index (Phi) is 3.91. The van der Waals surface area contributed by atoms with Crippen molar-refractivity contribution in [2.24, 2.45) is 0 Å². The molecule has 1 N–H and O–H groups in total. The predicted octanol–water partition coefficient (Wildman–Crippen LogP) is 2.80. The van der Waals surface area contributed by atoms with E-state index in [0.29, 0.717) is 5.02 Å². The summed E-state index contributed by atoms with van der Waals surface area (Å²) in [7, 11) is 1.25. The van der Waals surface area contributed by atoms with Gasteiger partial charge in [0.25, 0.3) is 0 Å². The Morgan fingerprint density at radius 3 is 2.79 bits per heavy atom. The van der Waals surface area contributed by atoms with Crippen molar-refractivity contribution >= 4 is 29.1 Å². The number of rotatable bonds is 3. The fourth-order valence-corrected chi connectivity index (χ4v) is 1.51. The molecule has 0 radical (unpaired) electrons. The van der Waals surface area contributed by atoms with Crippen LogP contribution in [0.1, 0.15) is 10.5 Å². The fourth-order valence-electron chi connectivity index (χ4n) is 1.33. The van der Waals surface area contributed by atoms with Gasteiger partial charge in [-0.1, -0.05) is 11.6 Å². The number of hydrogen-bond donors (Lipinski definition) is 1. The van der Waals surface area contributed by atoms with Gasteiger partial charge in [0.15, 0.2) is 5.69 Å². The molecular formula is C12H9ClFN3O2. The lowest BCUT2D eigenvalue weighted by molar-refractivity contribution is 0.0593. The monoisotopic (exact) mass is 281 g/mol. The van der Waals surface area contributed by atoms with Crippen LogP contribution in [0.15, 0.2) is 30.6 Å². The van der Waals surface area contributed by atoms with Crippen LogP contribution in [0, 0.1) is 5.82 Å². The first-order valence-corrected chi connectivity index (χ1v) is 5.60. The molecule has 0 saturated heterocycles. The summed E-state index contributed by atoms with van der Waals surface area (Å²) in [5.41, 5.74) is 0.243. The standard InChI is InChI=1S/C12H9ClFN3O2/c1-19-12(18)10-5-16-11(6-15-10)17-9-4-7(13)2-3-8(9)14/h2-6H,1H3,(H,16,17). The number of halogens is 2. The van der Waals surface area contributed by atoms with E-state index in [2.05, 4.69) is 20.0 Å². The third kappa shape index (κ3) is 3.17. The van der Waals surface area contributed by atoms with E-state index < -0.39 is 11.8 Å². The topological polar surface area (TPSA) is 64.1 Å². The van der Waals surface area contributed by atoms with Gasteiger partial charge in [0, 0.05) is 5.02 Å². The lowest BCUT2D eigenvalue weighted by Crippen LogP contribution is -2.06. The highest BCUT2D eigenvalue weighted by Crippen LogP contribution is 2.22. The number of benzene rings is 1. The summed E-state index contributed by atoms with van der Waals surface area (Å²) in [6.07, 6.45) is 2.53. The van der Waals surface area contributed by atoms with Crippen molar-refractivity contribution in [3.05, 3.63) is 47.1 Å². The number of ether oxygens (including phenoxy) is 1. The van der Waals surface area contributed by atoms with E-state index in [-0.39, 0.29) is 17.2 Å². The summed E-state index contributed by atoms with van der Waals surface area (Å²) in [6.45, 7) is 0. The summed E-state index contributed by atoms with van der Waals surface area (Å²) in [6, 6.07) is 4.10. The van der Waals surface area contributed by atoms with Crippen molar-refractivity contribution in [1.82, 2.24) is 9.97 Å². The molecule has 0 bridgehead atoms. The number of carbonyl (C=O) groups excluding carboxylic acids is 1. The van der Waals surface area contributed by atoms with E-state index >= 15 is 0 Å². The zero-order chi connectivity index (χ0) is 13.8. The van der Waals surface area contributed by atoms with Gasteiger partial charge in [-0.05, 0) is 18.2 Å². The number of aromatic nitrogens is 2. The minimum atomic E-state index is -0.590. The number of esters is 1. The first-order chi connectivity index (χ1) is 9.10. The second-order valence-corrected chi connectivity index (χ2v) is 3.96. The van der Waals surface area contributed by atoms with Gasteiger partial charge in [-0.3, -0.25) is 0 Å². The predicted molar refractivity (Wildman–Crippen MR) is 68.1 cm³/mol. The summed E-state index contributed by atoms with van der Waals surface area (Å²) in [5, 5.41) is 3.10. The lowest BCUT2D eigenvalue weighted by Gasteiger charge is -2.07. The summed E-state index contributed by atoms with van der Waals surface area (Å²) in [4.78, 5) is 18.9. The number of hydrogen-bond acceptors (Lipinski definition) is 5. The third-order valence-electron chi connectivity index (χ3n) is 2.24. The molecule has 1 heterocycles. The zero-order valence-corrected chi connectivity index (χ0v) is 10.6. The van der Waals surface area contributed by atoms with E-state index in [9.17, 15) is 9.18 Å². The third-order valence-corrected chi connectivity index (χ3v) is 2.47. The van der Waals surface area contributed by atoms with Gasteiger partial charge in [-0.15, -0.1) is 0 Å². The summed E-state index contributed by atoms with van der Waals surface area (Å²) in [5.74, 6) is -0.773. The molecule has 5 nitrogen and oxygen atoms in total. The Bertz CT molecular complexity index is 604. The molecule has 1 aromatic heterocycles. The Balaban J connectivity index is 2.19. The van der Waals surface area contributed by atoms with Crippen LogP contribution >= 0.6 is 11.6 Å². The SMILES string of the molecule is COC(=O)c1cnc(Nc2cc(Cl)ccc2F)cn1. The van der Waals surface area contributed by atoms with Crippen LogP contribution < -0.4 is 5.32 Å². The Hall–Kier alpha value is -2.21. The van der Waals surface area contributed by atoms with Gasteiger partial charge < -0.3 is 10.1 Å². The van der Waals surface area contributed by atoms with Gasteiger partial charge in [0.2, 0.25) is 0 Å². The zero-order valence-electron chi connectivity index (χ0n) is 9.85. The molecule has 0 fully saturated rings. The van der Waals surface area contributed by atoms with E-state index in [4.69, 9.17) is 11.6 Å². The Labute approximate surface area is 113 Å². The minimum absolute atomic E-state index is 0.0691. The van der Waals surface area contributed by atoms with Crippen molar-refractivity contribution in [2.75, 3.05) is 12.4 Å². The molecule has 0 atom stereocenters. The van der Waals surface area contributed by atoms with Crippen LogP contribution in [0.25, 0.3) is 0 Å². The molecule has 0 aliphatic heterocycles. The number of anilines is 2. The fraction of sp³-hybridized carbons (Fsp3) is 0.0833. The highest BCUT2D eigenvalue weighted by molar-refractivity contribution is 6.30. The largest absolute Gasteiger partial charge is 0.464 e. The molecule has 2 aromatic rings. The van der Waals surface area contributed by atoms with Gasteiger partial charge in [0.1, 0.15) is 11.6 Å². The molecule has 19 heavy (non-hydrogen) atoms. The molecule has 1 aromatic carbocycles. The minimum Gasteiger partial charge on any atom is -0.464 e. The number of methoxy groups -OCH3 is 1. The van der Waals surface area contributed by atoms with Crippen LogP contribution in [0.3, 0.4) is 0 Å². The van der Waals surface area contributed by atoms with Crippen molar-refractivity contribution in [2.45, 2.75) is 0 Å². The smallest absolute Gasteiger partial charge is 0.358 e. The average Bonchev–Trinajstić information content (AvgIpc) is 2.43. The van der Waals surface area contributed by atoms with Gasteiger partial charge >= 0.3 is 5.97 Å². The van der Waals surface area contributed by atoms with Crippen molar-refractivity contribution in [1.29, 1.82) is 0 Å². The molecule has 0 amide bonds. The van der Waals surface area contributed by atoms with E-state index in [1.165, 1.54) is 37.7 Å². The van der Waals surface area contributed by atoms with Crippen molar-refractivity contribution in [3.8, 4) is 0 Å². The van der Waals surface area contributed by atoms with Gasteiger partial charge in [-0.25, -0.2) is 19.2 Å². The first kappa shape index (κ1) is 13.2. The van der Waals surface area contributed by atoms with Crippen LogP contribution in [0.4, 0.5) is 15.9 Å². The maximum atomic E-state index is 13.5. The number of nitrogens with one attached hydrogen (secondary N) is 1. The molecular weight excluding hydrogens is 273 g/mol. The van der Waals surface area contributed by atoms with E-state index in [1.807, 2.05) is 0 Å². The normalized spacial score (nSPS) is 10.1. The maximum absolute atomic E-state index is 13.5. The molecule has 0 spiro atoms. The summed E-state index contributed by atoms with van der Waals surface area (Å²) >= 11 is 5.76. The van der Waals surface area contributed by atoms with Crippen LogP contribution in [0.2, 0.25) is 5.02 Å². The summed E-state index contributed by atoms with van der Waals surface area (Å²) < 4.78 is 18.0. The average molecular weight is 282 g/mol. The first-order valence-electron chi connectivity index (χ1n) is 5.22. The molecule has 98 valence electrons. The molecule has 0 saturated carbocycles. The van der Waals surface area contributed by atoms with Gasteiger partial charge in [-0.2, -0.15) is 0 Å². The second-order valence-electron chi connectivity index (χ2n) is 3.53. The van der Waals surface area contributed by atoms with Crippen LogP contribution in [0.5, 0.6) is 0 Å². The Morgan fingerprint density at radius 2 is 2.16 bits per heavy atom. The van der Waals surface area contributed by atoms with Crippen molar-refractivity contribution < 1.29 is 13.9 Å². The van der Waals surface area contributed by atoms with E-state index in [0.717, 1.165) is 0 Å². The van der Waals surface area contributed by atoms with Crippen LogP contribution in [-0.2, 0) is 4.74 Å². The molecule has 0 unspecified atom stereocenters. The lowest BCUT2D eigenvalue weighted by atomic mass is 10.3. The number of nitrogens with zero attached hydrogens (tertiary/aromatic N) is 2. The highest BCUT2D eigenvalue weighted by atomic mass is 35.5. The molecule has 0 aliphatic carbocycles. The molecule has 0 aliphatic rings. The number of carbonyl (C=O) groups is 1. The van der Waals surface area contributed by atoms with Gasteiger partial charge in [0.05, 0.1) is 25.2 Å².